The molecule has 0 radical (unpaired) electrons. The summed E-state index contributed by atoms with van der Waals surface area (Å²) in [5, 5.41) is 2.59. The molecule has 2 amide bonds. The molecule has 0 aliphatic heterocycles. The molecule has 7 nitrogen and oxygen atoms in total. The normalized spacial score (nSPS) is 11.8. The number of rotatable bonds is 6. The van der Waals surface area contributed by atoms with Gasteiger partial charge < -0.3 is 15.0 Å². The maximum Gasteiger partial charge on any atom is 0.408 e. The molecule has 7 heteroatoms. The van der Waals surface area contributed by atoms with Gasteiger partial charge in [-0.2, -0.15) is 4.99 Å². The second kappa shape index (κ2) is 8.84. The number of nitrogens with one attached hydrogen (secondary N) is 1. The lowest BCUT2D eigenvalue weighted by Gasteiger charge is -2.25. The molecule has 0 saturated heterocycles. The molecule has 1 aromatic rings. The van der Waals surface area contributed by atoms with Crippen LogP contribution in [0, 0.1) is 0 Å². The highest BCUT2D eigenvalue weighted by atomic mass is 16.6. The highest BCUT2D eigenvalue weighted by Crippen LogP contribution is 2.09. The first kappa shape index (κ1) is 19.4. The van der Waals surface area contributed by atoms with E-state index in [1.165, 1.54) is 18.0 Å². The lowest BCUT2D eigenvalue weighted by atomic mass is 10.1. The maximum atomic E-state index is 12.5. The number of carbonyl (C=O) groups excluding carboxylic acids is 3. The number of amides is 2. The summed E-state index contributed by atoms with van der Waals surface area (Å²) in [6.45, 7) is 5.10. The number of carbonyl (C=O) groups is 2. The van der Waals surface area contributed by atoms with Crippen molar-refractivity contribution in [1.29, 1.82) is 0 Å². The number of nitrogens with zero attached hydrogens (tertiary/aromatic N) is 2. The van der Waals surface area contributed by atoms with Crippen LogP contribution in [0.15, 0.2) is 35.3 Å². The van der Waals surface area contributed by atoms with E-state index in [-0.39, 0.29) is 12.6 Å². The van der Waals surface area contributed by atoms with Gasteiger partial charge in [-0.1, -0.05) is 30.3 Å². The number of isocyanates is 1. The van der Waals surface area contributed by atoms with Gasteiger partial charge in [0.25, 0.3) is 0 Å². The minimum atomic E-state index is -0.825. The summed E-state index contributed by atoms with van der Waals surface area (Å²) >= 11 is 0. The minimum Gasteiger partial charge on any atom is -0.444 e. The minimum absolute atomic E-state index is 0.121. The number of hydrogen-bond donors (Lipinski definition) is 1. The number of hydrogen-bond acceptors (Lipinski definition) is 5. The van der Waals surface area contributed by atoms with Crippen molar-refractivity contribution in [2.45, 2.75) is 38.8 Å². The van der Waals surface area contributed by atoms with Crippen molar-refractivity contribution in [1.82, 2.24) is 10.2 Å². The van der Waals surface area contributed by atoms with Crippen LogP contribution in [0.2, 0.25) is 0 Å². The van der Waals surface area contributed by atoms with E-state index in [1.807, 2.05) is 30.3 Å². The smallest absolute Gasteiger partial charge is 0.408 e. The molecule has 0 saturated carbocycles. The van der Waals surface area contributed by atoms with E-state index in [0.717, 1.165) is 5.56 Å². The van der Waals surface area contributed by atoms with Crippen LogP contribution in [0.5, 0.6) is 0 Å². The molecule has 0 fully saturated rings. The van der Waals surface area contributed by atoms with Crippen LogP contribution in [0.4, 0.5) is 4.79 Å². The molecule has 130 valence electrons. The Hall–Kier alpha value is -2.66. The average Bonchev–Trinajstić information content (AvgIpc) is 2.50. The fourth-order valence-electron chi connectivity index (χ4n) is 1.97. The van der Waals surface area contributed by atoms with Crippen LogP contribution >= 0.6 is 0 Å². The summed E-state index contributed by atoms with van der Waals surface area (Å²) in [4.78, 5) is 39.4. The fourth-order valence-corrected chi connectivity index (χ4v) is 1.97. The molecule has 0 unspecified atom stereocenters. The highest BCUT2D eigenvalue weighted by Gasteiger charge is 2.26. The third-order valence-corrected chi connectivity index (χ3v) is 3.00. The van der Waals surface area contributed by atoms with Gasteiger partial charge in [-0.3, -0.25) is 4.79 Å². The Kier molecular flexibility index (Phi) is 7.14. The Bertz CT molecular complexity index is 604. The van der Waals surface area contributed by atoms with Crippen LogP contribution in [-0.4, -0.2) is 48.3 Å². The summed E-state index contributed by atoms with van der Waals surface area (Å²) < 4.78 is 5.21. The average molecular weight is 333 g/mol. The molecule has 1 atom stereocenters. The molecular weight excluding hydrogens is 310 g/mol. The summed E-state index contributed by atoms with van der Waals surface area (Å²) in [6.07, 6.45) is 1.01. The van der Waals surface area contributed by atoms with Gasteiger partial charge >= 0.3 is 6.09 Å². The summed E-state index contributed by atoms with van der Waals surface area (Å²) in [5.74, 6) is -0.372. The van der Waals surface area contributed by atoms with Crippen molar-refractivity contribution >= 4 is 18.1 Å². The molecule has 24 heavy (non-hydrogen) atoms. The van der Waals surface area contributed by atoms with Gasteiger partial charge in [0.15, 0.2) is 0 Å². The molecule has 1 aromatic carbocycles. The van der Waals surface area contributed by atoms with Crippen molar-refractivity contribution < 1.29 is 19.1 Å². The number of benzene rings is 1. The lowest BCUT2D eigenvalue weighted by Crippen LogP contribution is -2.49. The predicted molar refractivity (Wildman–Crippen MR) is 89.1 cm³/mol. The highest BCUT2D eigenvalue weighted by molar-refractivity contribution is 5.86. The van der Waals surface area contributed by atoms with E-state index in [9.17, 15) is 14.4 Å². The Morgan fingerprint density at radius 2 is 1.92 bits per heavy atom. The molecule has 0 aliphatic rings. The molecule has 0 heterocycles. The largest absolute Gasteiger partial charge is 0.444 e. The quantitative estimate of drug-likeness (QED) is 0.636. The van der Waals surface area contributed by atoms with E-state index in [4.69, 9.17) is 4.74 Å². The van der Waals surface area contributed by atoms with Gasteiger partial charge in [0.1, 0.15) is 18.3 Å². The van der Waals surface area contributed by atoms with Crippen LogP contribution in [0.25, 0.3) is 0 Å². The van der Waals surface area contributed by atoms with Crippen molar-refractivity contribution in [2.75, 3.05) is 13.7 Å². The standard InChI is InChI=1S/C17H23N3O4/c1-17(2,3)24-16(23)19-14(10-13-8-6-5-7-9-13)15(22)20(4)11-18-12-21/h5-9,14H,10-11H2,1-4H3,(H,19,23)/t14-/m0/s1. The van der Waals surface area contributed by atoms with Gasteiger partial charge in [-0.15, -0.1) is 0 Å². The molecule has 0 aromatic heterocycles. The van der Waals surface area contributed by atoms with E-state index in [0.29, 0.717) is 6.42 Å². The van der Waals surface area contributed by atoms with E-state index < -0.39 is 17.7 Å². The third-order valence-electron chi connectivity index (χ3n) is 3.00. The van der Waals surface area contributed by atoms with Crippen LogP contribution in [-0.2, 0) is 20.7 Å². The molecule has 1 N–H and O–H groups in total. The first-order valence-corrected chi connectivity index (χ1v) is 7.55. The molecule has 1 rings (SSSR count). The van der Waals surface area contributed by atoms with Gasteiger partial charge in [0, 0.05) is 13.5 Å². The van der Waals surface area contributed by atoms with Gasteiger partial charge in [-0.05, 0) is 26.3 Å². The second-order valence-corrected chi connectivity index (χ2v) is 6.32. The molecule has 0 aliphatic carbocycles. The van der Waals surface area contributed by atoms with E-state index in [2.05, 4.69) is 10.3 Å². The second-order valence-electron chi connectivity index (χ2n) is 6.32. The topological polar surface area (TPSA) is 88.1 Å². The number of aliphatic imine (C=N–C) groups is 1. The van der Waals surface area contributed by atoms with Crippen molar-refractivity contribution in [2.24, 2.45) is 4.99 Å². The van der Waals surface area contributed by atoms with Crippen molar-refractivity contribution in [3.05, 3.63) is 35.9 Å². The number of likely N-dealkylation sites (N-methyl/N-ethyl adjacent to an activating group) is 1. The van der Waals surface area contributed by atoms with Gasteiger partial charge in [0.2, 0.25) is 12.0 Å². The zero-order valence-corrected chi connectivity index (χ0v) is 14.4. The Morgan fingerprint density at radius 3 is 2.46 bits per heavy atom. The van der Waals surface area contributed by atoms with Crippen LogP contribution in [0.3, 0.4) is 0 Å². The van der Waals surface area contributed by atoms with Crippen LogP contribution < -0.4 is 5.32 Å². The maximum absolute atomic E-state index is 12.5. The molecule has 0 bridgehead atoms. The summed E-state index contributed by atoms with van der Waals surface area (Å²) in [5.41, 5.74) is 0.220. The fraction of sp³-hybridized carbons (Fsp3) is 0.471. The molecule has 0 spiro atoms. The summed E-state index contributed by atoms with van der Waals surface area (Å²) in [6, 6.07) is 8.47. The van der Waals surface area contributed by atoms with E-state index >= 15 is 0 Å². The first-order chi connectivity index (χ1) is 11.2. The van der Waals surface area contributed by atoms with Crippen molar-refractivity contribution in [3.63, 3.8) is 0 Å². The monoisotopic (exact) mass is 333 g/mol. The third kappa shape index (κ3) is 7.07. The Labute approximate surface area is 141 Å². The predicted octanol–water partition coefficient (Wildman–Crippen LogP) is 1.87. The molecular formula is C17H23N3O4. The first-order valence-electron chi connectivity index (χ1n) is 7.55. The number of alkyl carbamates (subject to hydrolysis) is 1. The number of ether oxygens (including phenoxy) is 1. The Morgan fingerprint density at radius 1 is 1.29 bits per heavy atom. The zero-order chi connectivity index (χ0) is 18.2. The SMILES string of the molecule is CN(CN=C=O)C(=O)[C@H](Cc1ccccc1)NC(=O)OC(C)(C)C. The summed E-state index contributed by atoms with van der Waals surface area (Å²) in [7, 11) is 1.50. The zero-order valence-electron chi connectivity index (χ0n) is 14.4. The lowest BCUT2D eigenvalue weighted by molar-refractivity contribution is -0.132. The van der Waals surface area contributed by atoms with Crippen molar-refractivity contribution in [3.8, 4) is 0 Å². The van der Waals surface area contributed by atoms with Gasteiger partial charge in [-0.25, -0.2) is 9.59 Å². The van der Waals surface area contributed by atoms with Gasteiger partial charge in [0.05, 0.1) is 0 Å². The van der Waals surface area contributed by atoms with Crippen LogP contribution in [0.1, 0.15) is 26.3 Å². The van der Waals surface area contributed by atoms with E-state index in [1.54, 1.807) is 20.8 Å². The Balaban J connectivity index is 2.87.